The Hall–Kier alpha value is -3.68. The molecule has 0 radical (unpaired) electrons. The number of primary amides is 1. The Morgan fingerprint density at radius 1 is 1.08 bits per heavy atom. The third-order valence-corrected chi connectivity index (χ3v) is 4.07. The Balaban J connectivity index is 1.73. The van der Waals surface area contributed by atoms with Gasteiger partial charge in [0.15, 0.2) is 5.58 Å². The summed E-state index contributed by atoms with van der Waals surface area (Å²) < 4.78 is 5.30. The Labute approximate surface area is 148 Å². The van der Waals surface area contributed by atoms with Crippen LogP contribution in [0.1, 0.15) is 6.92 Å². The van der Waals surface area contributed by atoms with E-state index in [0.29, 0.717) is 22.4 Å². The molecule has 2 aromatic carbocycles. The van der Waals surface area contributed by atoms with Crippen LogP contribution in [-0.2, 0) is 4.79 Å². The maximum absolute atomic E-state index is 11.2. The van der Waals surface area contributed by atoms with Gasteiger partial charge in [0.2, 0.25) is 5.91 Å². The molecule has 0 unspecified atom stereocenters. The van der Waals surface area contributed by atoms with Gasteiger partial charge in [0.25, 0.3) is 6.01 Å². The molecule has 130 valence electrons. The van der Waals surface area contributed by atoms with Gasteiger partial charge in [0.1, 0.15) is 17.4 Å². The summed E-state index contributed by atoms with van der Waals surface area (Å²) in [5.74, 6) is 0.0292. The first-order chi connectivity index (χ1) is 12.5. The normalized spacial score (nSPS) is 12.3. The van der Waals surface area contributed by atoms with Crippen molar-refractivity contribution < 1.29 is 9.21 Å². The van der Waals surface area contributed by atoms with Crippen LogP contribution in [0.2, 0.25) is 0 Å². The van der Waals surface area contributed by atoms with Crippen molar-refractivity contribution in [1.29, 1.82) is 0 Å². The minimum absolute atomic E-state index is 0.140. The monoisotopic (exact) mass is 348 g/mol. The Morgan fingerprint density at radius 2 is 1.81 bits per heavy atom. The van der Waals surface area contributed by atoms with E-state index in [2.05, 4.69) is 20.3 Å². The summed E-state index contributed by atoms with van der Waals surface area (Å²) in [6, 6.07) is 11.0. The number of aromatic nitrogens is 3. The molecule has 0 aliphatic carbocycles. The lowest BCUT2D eigenvalue weighted by atomic mass is 10.0. The van der Waals surface area contributed by atoms with Gasteiger partial charge in [-0.15, -0.1) is 0 Å². The zero-order valence-corrected chi connectivity index (χ0v) is 13.9. The van der Waals surface area contributed by atoms with Crippen molar-refractivity contribution in [3.63, 3.8) is 0 Å². The van der Waals surface area contributed by atoms with Crippen LogP contribution < -0.4 is 16.8 Å². The predicted octanol–water partition coefficient (Wildman–Crippen LogP) is 2.31. The summed E-state index contributed by atoms with van der Waals surface area (Å²) >= 11 is 0. The Bertz CT molecular complexity index is 1140. The first-order valence-electron chi connectivity index (χ1n) is 7.99. The minimum Gasteiger partial charge on any atom is -0.424 e. The summed E-state index contributed by atoms with van der Waals surface area (Å²) in [5, 5.41) is 2.94. The predicted molar refractivity (Wildman–Crippen MR) is 99.2 cm³/mol. The first kappa shape index (κ1) is 15.8. The van der Waals surface area contributed by atoms with E-state index < -0.39 is 11.9 Å². The molecule has 0 spiro atoms. The van der Waals surface area contributed by atoms with Gasteiger partial charge in [0, 0.05) is 0 Å². The molecule has 0 aliphatic rings. The smallest absolute Gasteiger partial charge is 0.292 e. The highest BCUT2D eigenvalue weighted by atomic mass is 16.4. The number of rotatable bonds is 4. The number of nitrogens with one attached hydrogen (secondary N) is 1. The molecule has 0 bridgehead atoms. The van der Waals surface area contributed by atoms with E-state index in [9.17, 15) is 4.79 Å². The van der Waals surface area contributed by atoms with E-state index in [1.165, 1.54) is 0 Å². The molecule has 0 saturated heterocycles. The van der Waals surface area contributed by atoms with Gasteiger partial charge < -0.3 is 21.2 Å². The second-order valence-corrected chi connectivity index (χ2v) is 5.96. The van der Waals surface area contributed by atoms with Crippen LogP contribution in [0.5, 0.6) is 0 Å². The maximum Gasteiger partial charge on any atom is 0.292 e. The van der Waals surface area contributed by atoms with Crippen molar-refractivity contribution in [3.05, 3.63) is 42.6 Å². The zero-order chi connectivity index (χ0) is 18.3. The molecular formula is C18H16N6O2. The van der Waals surface area contributed by atoms with Crippen molar-refractivity contribution in [3.8, 4) is 11.1 Å². The second kappa shape index (κ2) is 5.99. The fourth-order valence-electron chi connectivity index (χ4n) is 2.68. The van der Waals surface area contributed by atoms with Crippen molar-refractivity contribution in [2.45, 2.75) is 13.0 Å². The number of nitrogen functional groups attached to an aromatic ring is 1. The molecule has 2 aromatic heterocycles. The van der Waals surface area contributed by atoms with Crippen LogP contribution in [0.3, 0.4) is 0 Å². The minimum atomic E-state index is -0.537. The molecule has 0 saturated carbocycles. The molecule has 5 N–H and O–H groups in total. The lowest BCUT2D eigenvalue weighted by Crippen LogP contribution is -2.32. The van der Waals surface area contributed by atoms with Gasteiger partial charge in [-0.3, -0.25) is 9.78 Å². The van der Waals surface area contributed by atoms with Gasteiger partial charge in [-0.25, -0.2) is 4.98 Å². The summed E-state index contributed by atoms with van der Waals surface area (Å²) in [5.41, 5.74) is 15.6. The van der Waals surface area contributed by atoms with Crippen LogP contribution >= 0.6 is 0 Å². The molecule has 0 fully saturated rings. The molecule has 8 nitrogen and oxygen atoms in total. The van der Waals surface area contributed by atoms with Crippen molar-refractivity contribution in [2.75, 3.05) is 11.1 Å². The maximum atomic E-state index is 11.2. The van der Waals surface area contributed by atoms with E-state index >= 15 is 0 Å². The number of nitrogens with zero attached hydrogens (tertiary/aromatic N) is 3. The SMILES string of the molecule is C[C@H](Nc1cnc2ccc(-c3ccc4oc(N)nc4c3)cc2n1)C(N)=O. The molecule has 1 amide bonds. The number of carbonyl (C=O) groups excluding carboxylic acids is 1. The fraction of sp³-hybridized carbons (Fsp3) is 0.111. The molecule has 8 heteroatoms. The van der Waals surface area contributed by atoms with E-state index in [1.54, 1.807) is 13.1 Å². The molecule has 26 heavy (non-hydrogen) atoms. The standard InChI is InChI=1S/C18H16N6O2/c1-9(17(19)25)22-16-8-21-12-4-2-10(6-13(12)23-16)11-3-5-15-14(7-11)24-18(20)26-15/h2-9H,1H3,(H2,19,25)(H2,20,24)(H,22,23)/t9-/m0/s1. The number of fused-ring (bicyclic) bond motifs is 2. The number of carbonyl (C=O) groups is 1. The number of anilines is 2. The second-order valence-electron chi connectivity index (χ2n) is 5.96. The van der Waals surface area contributed by atoms with Crippen molar-refractivity contribution >= 4 is 39.9 Å². The van der Waals surface area contributed by atoms with Crippen LogP contribution in [-0.4, -0.2) is 26.9 Å². The van der Waals surface area contributed by atoms with Crippen molar-refractivity contribution in [2.24, 2.45) is 5.73 Å². The highest BCUT2D eigenvalue weighted by Gasteiger charge is 2.10. The van der Waals surface area contributed by atoms with Crippen LogP contribution in [0.15, 0.2) is 47.0 Å². The number of hydrogen-bond acceptors (Lipinski definition) is 7. The molecule has 4 aromatic rings. The quantitative estimate of drug-likeness (QED) is 0.515. The topological polar surface area (TPSA) is 133 Å². The first-order valence-corrected chi connectivity index (χ1v) is 7.99. The molecule has 0 aliphatic heterocycles. The van der Waals surface area contributed by atoms with E-state index in [-0.39, 0.29) is 6.01 Å². The Morgan fingerprint density at radius 3 is 2.58 bits per heavy atom. The molecule has 4 rings (SSSR count). The highest BCUT2D eigenvalue weighted by Crippen LogP contribution is 2.27. The highest BCUT2D eigenvalue weighted by molar-refractivity contribution is 5.86. The lowest BCUT2D eigenvalue weighted by molar-refractivity contribution is -0.118. The van der Waals surface area contributed by atoms with Crippen LogP contribution in [0.25, 0.3) is 33.3 Å². The average Bonchev–Trinajstić information content (AvgIpc) is 3.00. The number of benzene rings is 2. The number of nitrogens with two attached hydrogens (primary N) is 2. The van der Waals surface area contributed by atoms with E-state index in [4.69, 9.17) is 15.9 Å². The molecule has 2 heterocycles. The van der Waals surface area contributed by atoms with E-state index in [0.717, 1.165) is 16.6 Å². The summed E-state index contributed by atoms with van der Waals surface area (Å²) in [7, 11) is 0. The van der Waals surface area contributed by atoms with Crippen LogP contribution in [0.4, 0.5) is 11.8 Å². The van der Waals surface area contributed by atoms with Gasteiger partial charge in [-0.05, 0) is 42.3 Å². The van der Waals surface area contributed by atoms with Gasteiger partial charge >= 0.3 is 0 Å². The fourth-order valence-corrected chi connectivity index (χ4v) is 2.68. The molecule has 1 atom stereocenters. The number of oxazole rings is 1. The number of hydrogen-bond donors (Lipinski definition) is 3. The summed E-state index contributed by atoms with van der Waals surface area (Å²) in [6.45, 7) is 1.67. The molecular weight excluding hydrogens is 332 g/mol. The zero-order valence-electron chi connectivity index (χ0n) is 13.9. The summed E-state index contributed by atoms with van der Waals surface area (Å²) in [6.07, 6.45) is 1.58. The average molecular weight is 348 g/mol. The lowest BCUT2D eigenvalue weighted by Gasteiger charge is -2.11. The van der Waals surface area contributed by atoms with Gasteiger partial charge in [-0.2, -0.15) is 4.98 Å². The van der Waals surface area contributed by atoms with Crippen molar-refractivity contribution in [1.82, 2.24) is 15.0 Å². The van der Waals surface area contributed by atoms with E-state index in [1.807, 2.05) is 36.4 Å². The third kappa shape index (κ3) is 2.88. The number of amides is 1. The van der Waals surface area contributed by atoms with Gasteiger partial charge in [-0.1, -0.05) is 12.1 Å². The van der Waals surface area contributed by atoms with Crippen LogP contribution in [0, 0.1) is 0 Å². The van der Waals surface area contributed by atoms with Gasteiger partial charge in [0.05, 0.1) is 17.2 Å². The largest absolute Gasteiger partial charge is 0.424 e. The summed E-state index contributed by atoms with van der Waals surface area (Å²) in [4.78, 5) is 24.2. The Kier molecular flexibility index (Phi) is 3.65. The third-order valence-electron chi connectivity index (χ3n) is 4.07.